The van der Waals surface area contributed by atoms with E-state index in [1.807, 2.05) is 13.8 Å². The molecular formula is C16H34O. The molecule has 0 radical (unpaired) electrons. The van der Waals surface area contributed by atoms with Crippen LogP contribution in [0, 0.1) is 11.8 Å². The van der Waals surface area contributed by atoms with Crippen LogP contribution in [0.1, 0.15) is 86.0 Å². The predicted molar refractivity (Wildman–Crippen MR) is 78.4 cm³/mol. The van der Waals surface area contributed by atoms with Crippen molar-refractivity contribution < 1.29 is 4.79 Å². The van der Waals surface area contributed by atoms with Crippen LogP contribution in [-0.4, -0.2) is 6.29 Å². The van der Waals surface area contributed by atoms with Crippen molar-refractivity contribution in [2.75, 3.05) is 0 Å². The highest BCUT2D eigenvalue weighted by molar-refractivity contribution is 5.51. The lowest BCUT2D eigenvalue weighted by atomic mass is 10.1. The first-order valence-corrected chi connectivity index (χ1v) is 7.49. The number of unbranched alkanes of at least 4 members (excludes halogenated alkanes) is 1. The lowest BCUT2D eigenvalue weighted by Gasteiger charge is -1.98. The molecule has 0 N–H and O–H groups in total. The first-order valence-electron chi connectivity index (χ1n) is 7.49. The third-order valence-electron chi connectivity index (χ3n) is 2.66. The van der Waals surface area contributed by atoms with Crippen molar-refractivity contribution in [1.29, 1.82) is 0 Å². The molecule has 0 aromatic heterocycles. The Morgan fingerprint density at radius 3 is 1.41 bits per heavy atom. The molecule has 1 nitrogen and oxygen atoms in total. The number of rotatable bonds is 4. The van der Waals surface area contributed by atoms with Gasteiger partial charge in [-0.25, -0.2) is 0 Å². The molecule has 1 aliphatic carbocycles. The summed E-state index contributed by atoms with van der Waals surface area (Å²) < 4.78 is 0. The third-order valence-corrected chi connectivity index (χ3v) is 2.66. The first-order chi connectivity index (χ1) is 8.04. The summed E-state index contributed by atoms with van der Waals surface area (Å²) in [5, 5.41) is 0. The Balaban J connectivity index is 0. The first kappa shape index (κ1) is 19.0. The van der Waals surface area contributed by atoms with Gasteiger partial charge in [0.15, 0.2) is 0 Å². The van der Waals surface area contributed by atoms with E-state index in [0.717, 1.165) is 12.2 Å². The Labute approximate surface area is 109 Å². The average molecular weight is 242 g/mol. The van der Waals surface area contributed by atoms with Gasteiger partial charge in [-0.1, -0.05) is 86.0 Å². The molecule has 1 rings (SSSR count). The summed E-state index contributed by atoms with van der Waals surface area (Å²) >= 11 is 0. The molecule has 0 amide bonds. The largest absolute Gasteiger partial charge is 0.303 e. The van der Waals surface area contributed by atoms with Gasteiger partial charge < -0.3 is 4.79 Å². The predicted octanol–water partition coefficient (Wildman–Crippen LogP) is 5.62. The second kappa shape index (κ2) is 15.7. The van der Waals surface area contributed by atoms with E-state index in [-0.39, 0.29) is 5.92 Å². The summed E-state index contributed by atoms with van der Waals surface area (Å²) in [5.74, 6) is 1.11. The van der Waals surface area contributed by atoms with Gasteiger partial charge in [0.1, 0.15) is 6.29 Å². The topological polar surface area (TPSA) is 17.1 Å². The number of hydrogen-bond donors (Lipinski definition) is 0. The molecule has 104 valence electrons. The van der Waals surface area contributed by atoms with Crippen LogP contribution < -0.4 is 0 Å². The number of carbonyl (C=O) groups is 1. The van der Waals surface area contributed by atoms with Crippen molar-refractivity contribution in [3.05, 3.63) is 0 Å². The SMILES string of the molecule is C1CCCC1.CC(C)C=O.CCCCC(C)C. The molecule has 0 aliphatic heterocycles. The Hall–Kier alpha value is -0.330. The fourth-order valence-electron chi connectivity index (χ4n) is 1.50. The van der Waals surface area contributed by atoms with Gasteiger partial charge in [-0.2, -0.15) is 0 Å². The van der Waals surface area contributed by atoms with Gasteiger partial charge >= 0.3 is 0 Å². The highest BCUT2D eigenvalue weighted by atomic mass is 16.1. The Morgan fingerprint density at radius 2 is 1.29 bits per heavy atom. The minimum Gasteiger partial charge on any atom is -0.303 e. The minimum absolute atomic E-state index is 0.204. The van der Waals surface area contributed by atoms with Crippen LogP contribution in [0.4, 0.5) is 0 Å². The van der Waals surface area contributed by atoms with Gasteiger partial charge in [0.2, 0.25) is 0 Å². The van der Waals surface area contributed by atoms with Gasteiger partial charge in [0.25, 0.3) is 0 Å². The van der Waals surface area contributed by atoms with E-state index >= 15 is 0 Å². The molecule has 0 atom stereocenters. The maximum Gasteiger partial charge on any atom is 0.122 e. The molecule has 0 unspecified atom stereocenters. The Morgan fingerprint density at radius 1 is 0.941 bits per heavy atom. The molecule has 1 saturated carbocycles. The molecule has 17 heavy (non-hydrogen) atoms. The van der Waals surface area contributed by atoms with Crippen LogP contribution in [0.25, 0.3) is 0 Å². The molecule has 0 aromatic rings. The van der Waals surface area contributed by atoms with Crippen LogP contribution in [0.3, 0.4) is 0 Å². The van der Waals surface area contributed by atoms with E-state index in [2.05, 4.69) is 20.8 Å². The molecule has 1 heteroatoms. The number of aldehydes is 1. The lowest BCUT2D eigenvalue weighted by Crippen LogP contribution is -1.83. The fraction of sp³-hybridized carbons (Fsp3) is 0.938. The zero-order valence-electron chi connectivity index (χ0n) is 12.8. The summed E-state index contributed by atoms with van der Waals surface area (Å²) in [6.45, 7) is 10.5. The van der Waals surface area contributed by atoms with E-state index in [4.69, 9.17) is 0 Å². The summed E-state index contributed by atoms with van der Waals surface area (Å²) in [6, 6.07) is 0. The molecule has 0 aromatic carbocycles. The van der Waals surface area contributed by atoms with Crippen LogP contribution >= 0.6 is 0 Å². The standard InChI is InChI=1S/C7H16.C5H10.C4H8O/c1-4-5-6-7(2)3;1-2-4-5-3-1;1-4(2)3-5/h7H,4-6H2,1-3H3;1-5H2;3-4H,1-2H3. The fourth-order valence-corrected chi connectivity index (χ4v) is 1.50. The van der Waals surface area contributed by atoms with Gasteiger partial charge in [0.05, 0.1) is 0 Å². The second-order valence-electron chi connectivity index (χ2n) is 5.68. The van der Waals surface area contributed by atoms with Crippen molar-refractivity contribution in [2.45, 2.75) is 86.0 Å². The van der Waals surface area contributed by atoms with Crippen LogP contribution in [0.5, 0.6) is 0 Å². The maximum atomic E-state index is 9.50. The quantitative estimate of drug-likeness (QED) is 0.584. The van der Waals surface area contributed by atoms with Gasteiger partial charge in [-0.05, 0) is 5.92 Å². The van der Waals surface area contributed by atoms with E-state index in [1.165, 1.54) is 51.4 Å². The zero-order valence-corrected chi connectivity index (χ0v) is 12.8. The van der Waals surface area contributed by atoms with Crippen molar-refractivity contribution in [1.82, 2.24) is 0 Å². The van der Waals surface area contributed by atoms with Crippen LogP contribution in [0.15, 0.2) is 0 Å². The normalized spacial score (nSPS) is 13.8. The monoisotopic (exact) mass is 242 g/mol. The molecule has 0 saturated heterocycles. The van der Waals surface area contributed by atoms with Crippen molar-refractivity contribution in [2.24, 2.45) is 11.8 Å². The third kappa shape index (κ3) is 25.7. The van der Waals surface area contributed by atoms with E-state index in [0.29, 0.717) is 0 Å². The smallest absolute Gasteiger partial charge is 0.122 e. The second-order valence-corrected chi connectivity index (χ2v) is 5.68. The van der Waals surface area contributed by atoms with Crippen molar-refractivity contribution in [3.63, 3.8) is 0 Å². The van der Waals surface area contributed by atoms with Crippen LogP contribution in [0.2, 0.25) is 0 Å². The van der Waals surface area contributed by atoms with Crippen LogP contribution in [-0.2, 0) is 4.79 Å². The molecule has 0 bridgehead atoms. The van der Waals surface area contributed by atoms with Crippen molar-refractivity contribution >= 4 is 6.29 Å². The van der Waals surface area contributed by atoms with E-state index in [1.54, 1.807) is 0 Å². The van der Waals surface area contributed by atoms with Gasteiger partial charge in [-0.15, -0.1) is 0 Å². The van der Waals surface area contributed by atoms with Gasteiger partial charge in [0, 0.05) is 5.92 Å². The molecule has 0 spiro atoms. The summed E-state index contributed by atoms with van der Waals surface area (Å²) in [5.41, 5.74) is 0. The highest BCUT2D eigenvalue weighted by Gasteiger charge is 1.95. The van der Waals surface area contributed by atoms with Gasteiger partial charge in [-0.3, -0.25) is 0 Å². The Bertz CT molecular complexity index is 127. The molecular weight excluding hydrogens is 208 g/mol. The summed E-state index contributed by atoms with van der Waals surface area (Å²) in [7, 11) is 0. The highest BCUT2D eigenvalue weighted by Crippen LogP contribution is 2.15. The Kier molecular flexibility index (Phi) is 17.5. The zero-order chi connectivity index (χ0) is 13.5. The van der Waals surface area contributed by atoms with E-state index < -0.39 is 0 Å². The average Bonchev–Trinajstić information content (AvgIpc) is 2.85. The minimum atomic E-state index is 0.204. The molecule has 0 heterocycles. The maximum absolute atomic E-state index is 9.50. The summed E-state index contributed by atoms with van der Waals surface area (Å²) in [6.07, 6.45) is 12.6. The number of hydrogen-bond acceptors (Lipinski definition) is 1. The summed E-state index contributed by atoms with van der Waals surface area (Å²) in [4.78, 5) is 9.50. The van der Waals surface area contributed by atoms with Crippen molar-refractivity contribution in [3.8, 4) is 0 Å². The molecule has 1 fully saturated rings. The van der Waals surface area contributed by atoms with E-state index in [9.17, 15) is 4.79 Å². The lowest BCUT2D eigenvalue weighted by molar-refractivity contribution is -0.110. The number of carbonyl (C=O) groups excluding carboxylic acids is 1. The molecule has 1 aliphatic rings.